The molecule has 3 aromatic rings. The fourth-order valence-electron chi connectivity index (χ4n) is 3.26. The number of carboxylic acids is 1. The van der Waals surface area contributed by atoms with Crippen molar-refractivity contribution in [3.05, 3.63) is 58.9 Å². The van der Waals surface area contributed by atoms with Crippen LogP contribution in [0.4, 0.5) is 14.3 Å². The molecule has 0 aliphatic heterocycles. The van der Waals surface area contributed by atoms with Gasteiger partial charge in [-0.1, -0.05) is 47.2 Å². The second kappa shape index (κ2) is 11.8. The van der Waals surface area contributed by atoms with Crippen LogP contribution < -0.4 is 5.32 Å². The fourth-order valence-corrected chi connectivity index (χ4v) is 4.33. The number of hydrogen-bond acceptors (Lipinski definition) is 6. The number of carbonyl (C=O) groups is 3. The Bertz CT molecular complexity index is 1160. The van der Waals surface area contributed by atoms with Crippen LogP contribution in [0.1, 0.15) is 24.8 Å². The number of benzene rings is 2. The first-order valence-corrected chi connectivity index (χ1v) is 11.6. The third kappa shape index (κ3) is 6.88. The molecule has 0 saturated carbocycles. The van der Waals surface area contributed by atoms with Crippen molar-refractivity contribution in [3.63, 3.8) is 0 Å². The Balaban J connectivity index is 1.58. The topological polar surface area (TPSA) is 109 Å². The second-order valence-corrected chi connectivity index (χ2v) is 8.92. The smallest absolute Gasteiger partial charge is 0.413 e. The summed E-state index contributed by atoms with van der Waals surface area (Å²) in [6, 6.07) is 11.1. The summed E-state index contributed by atoms with van der Waals surface area (Å²) < 4.78 is 19.8. The molecule has 0 spiro atoms. The minimum Gasteiger partial charge on any atom is -0.481 e. The summed E-state index contributed by atoms with van der Waals surface area (Å²) in [6.45, 7) is -0.201. The van der Waals surface area contributed by atoms with E-state index >= 15 is 0 Å². The van der Waals surface area contributed by atoms with Gasteiger partial charge >= 0.3 is 12.1 Å². The number of likely N-dealkylation sites (N-methyl/N-ethyl adjacent to an activating group) is 1. The number of aryl methyl sites for hydroxylation is 1. The predicted molar refractivity (Wildman–Crippen MR) is 128 cm³/mol. The van der Waals surface area contributed by atoms with E-state index in [1.54, 1.807) is 6.07 Å². The first kappa shape index (κ1) is 25.4. The average Bonchev–Trinajstić information content (AvgIpc) is 3.21. The number of hydrogen-bond donors (Lipinski definition) is 2. The van der Waals surface area contributed by atoms with E-state index in [4.69, 9.17) is 21.4 Å². The Morgan fingerprint density at radius 3 is 2.71 bits per heavy atom. The van der Waals surface area contributed by atoms with Crippen LogP contribution in [0.5, 0.6) is 0 Å². The van der Waals surface area contributed by atoms with E-state index in [1.165, 1.54) is 35.4 Å². The van der Waals surface area contributed by atoms with Crippen molar-refractivity contribution in [2.45, 2.75) is 31.7 Å². The molecule has 180 valence electrons. The Labute approximate surface area is 204 Å². The van der Waals surface area contributed by atoms with E-state index in [9.17, 15) is 18.8 Å². The second-order valence-electron chi connectivity index (χ2n) is 7.51. The number of ether oxygens (including phenoxy) is 1. The number of anilines is 1. The molecular weight excluding hydrogens is 485 g/mol. The van der Waals surface area contributed by atoms with Crippen LogP contribution in [-0.2, 0) is 20.7 Å². The van der Waals surface area contributed by atoms with Crippen molar-refractivity contribution in [2.24, 2.45) is 0 Å². The highest BCUT2D eigenvalue weighted by Gasteiger charge is 2.23. The molecule has 2 N–H and O–H groups in total. The maximum Gasteiger partial charge on any atom is 0.413 e. The number of carbonyl (C=O) groups excluding carboxylic acids is 2. The van der Waals surface area contributed by atoms with Crippen molar-refractivity contribution < 1.29 is 28.6 Å². The van der Waals surface area contributed by atoms with Gasteiger partial charge in [-0.25, -0.2) is 14.2 Å². The summed E-state index contributed by atoms with van der Waals surface area (Å²) in [4.78, 5) is 41.7. The van der Waals surface area contributed by atoms with E-state index in [0.29, 0.717) is 10.7 Å². The van der Waals surface area contributed by atoms with Gasteiger partial charge in [-0.15, -0.1) is 0 Å². The van der Waals surface area contributed by atoms with E-state index < -0.39 is 23.9 Å². The Hall–Kier alpha value is -3.24. The Morgan fingerprint density at radius 1 is 1.21 bits per heavy atom. The summed E-state index contributed by atoms with van der Waals surface area (Å²) in [5.41, 5.74) is 1.24. The predicted octanol–water partition coefficient (Wildman–Crippen LogP) is 4.96. The summed E-state index contributed by atoms with van der Waals surface area (Å²) in [5.74, 6) is -1.91. The molecule has 2 amide bonds. The molecule has 0 unspecified atom stereocenters. The SMILES string of the molecule is CN(C(=O)CCc1cccc(F)c1Cl)[C@@H](CCC(=O)O)COC(=O)Nc1nc2ccccc2s1. The van der Waals surface area contributed by atoms with Gasteiger partial charge in [0.2, 0.25) is 5.91 Å². The van der Waals surface area contributed by atoms with E-state index in [0.717, 1.165) is 10.2 Å². The van der Waals surface area contributed by atoms with Gasteiger partial charge in [0.15, 0.2) is 5.13 Å². The van der Waals surface area contributed by atoms with Crippen molar-refractivity contribution >= 4 is 56.3 Å². The van der Waals surface area contributed by atoms with Crippen LogP contribution >= 0.6 is 22.9 Å². The Kier molecular flexibility index (Phi) is 8.78. The maximum atomic E-state index is 13.6. The lowest BCUT2D eigenvalue weighted by Gasteiger charge is -2.27. The minimum absolute atomic E-state index is 0.0289. The maximum absolute atomic E-state index is 13.6. The summed E-state index contributed by atoms with van der Waals surface area (Å²) >= 11 is 7.24. The van der Waals surface area contributed by atoms with Crippen molar-refractivity contribution in [1.29, 1.82) is 0 Å². The molecule has 1 atom stereocenters. The molecule has 8 nitrogen and oxygen atoms in total. The van der Waals surface area contributed by atoms with Gasteiger partial charge in [-0.2, -0.15) is 0 Å². The normalized spacial score (nSPS) is 11.7. The molecule has 34 heavy (non-hydrogen) atoms. The third-order valence-electron chi connectivity index (χ3n) is 5.18. The van der Waals surface area contributed by atoms with E-state index in [1.807, 2.05) is 24.3 Å². The molecule has 1 aromatic heterocycles. The minimum atomic E-state index is -1.03. The fraction of sp³-hybridized carbons (Fsp3) is 0.304. The first-order chi connectivity index (χ1) is 16.2. The molecule has 0 fully saturated rings. The van der Waals surface area contributed by atoms with Crippen molar-refractivity contribution in [3.8, 4) is 0 Å². The molecular formula is C23H23ClFN3O5S. The van der Waals surface area contributed by atoms with Gasteiger partial charge in [0.05, 0.1) is 21.3 Å². The lowest BCUT2D eigenvalue weighted by atomic mass is 10.1. The van der Waals surface area contributed by atoms with Gasteiger partial charge in [0.1, 0.15) is 12.4 Å². The molecule has 11 heteroatoms. The van der Waals surface area contributed by atoms with Gasteiger partial charge < -0.3 is 14.7 Å². The van der Waals surface area contributed by atoms with Crippen LogP contribution in [0, 0.1) is 5.82 Å². The van der Waals surface area contributed by atoms with Crippen molar-refractivity contribution in [2.75, 3.05) is 19.0 Å². The quantitative estimate of drug-likeness (QED) is 0.401. The average molecular weight is 508 g/mol. The molecule has 2 aromatic carbocycles. The van der Waals surface area contributed by atoms with Crippen LogP contribution in [0.3, 0.4) is 0 Å². The summed E-state index contributed by atoms with van der Waals surface area (Å²) in [6.07, 6.45) is -0.634. The third-order valence-corrected chi connectivity index (χ3v) is 6.56. The Morgan fingerprint density at radius 2 is 1.97 bits per heavy atom. The number of aliphatic carboxylic acids is 1. The number of nitrogens with zero attached hydrogens (tertiary/aromatic N) is 2. The van der Waals surface area contributed by atoms with Crippen LogP contribution in [0.15, 0.2) is 42.5 Å². The number of halogens is 2. The highest BCUT2D eigenvalue weighted by molar-refractivity contribution is 7.22. The summed E-state index contributed by atoms with van der Waals surface area (Å²) in [7, 11) is 1.51. The monoisotopic (exact) mass is 507 g/mol. The van der Waals surface area contributed by atoms with Gasteiger partial charge in [-0.3, -0.25) is 14.9 Å². The molecule has 0 saturated heterocycles. The molecule has 0 radical (unpaired) electrons. The lowest BCUT2D eigenvalue weighted by Crippen LogP contribution is -2.41. The largest absolute Gasteiger partial charge is 0.481 e. The molecule has 3 rings (SSSR count). The number of nitrogens with one attached hydrogen (secondary N) is 1. The number of fused-ring (bicyclic) bond motifs is 1. The zero-order valence-electron chi connectivity index (χ0n) is 18.3. The molecule has 0 aliphatic rings. The van der Waals surface area contributed by atoms with Crippen LogP contribution in [-0.4, -0.2) is 52.7 Å². The molecule has 0 aliphatic carbocycles. The van der Waals surface area contributed by atoms with Crippen molar-refractivity contribution in [1.82, 2.24) is 9.88 Å². The molecule has 1 heterocycles. The zero-order chi connectivity index (χ0) is 24.7. The van der Waals surface area contributed by atoms with Crippen LogP contribution in [0.25, 0.3) is 10.2 Å². The number of aromatic nitrogens is 1. The van der Waals surface area contributed by atoms with Gasteiger partial charge in [0, 0.05) is 19.9 Å². The summed E-state index contributed by atoms with van der Waals surface area (Å²) in [5, 5.41) is 11.9. The highest BCUT2D eigenvalue weighted by atomic mass is 35.5. The zero-order valence-corrected chi connectivity index (χ0v) is 19.9. The number of carboxylic acid groups (broad SMARTS) is 1. The number of para-hydroxylation sites is 1. The van der Waals surface area contributed by atoms with Gasteiger partial charge in [0.25, 0.3) is 0 Å². The highest BCUT2D eigenvalue weighted by Crippen LogP contribution is 2.25. The van der Waals surface area contributed by atoms with E-state index in [-0.39, 0.29) is 43.2 Å². The molecule has 0 bridgehead atoms. The number of rotatable bonds is 10. The van der Waals surface area contributed by atoms with E-state index in [2.05, 4.69) is 10.3 Å². The number of thiazole rings is 1. The standard InChI is InChI=1S/C23H23ClFN3O5S/c1-28(19(29)11-9-14-5-4-6-16(25)21(14)24)15(10-12-20(30)31)13-33-23(32)27-22-26-17-7-2-3-8-18(17)34-22/h2-8,15H,9-13H2,1H3,(H,30,31)(H,26,27,32)/t15-/m0/s1. The van der Waals surface area contributed by atoms with Crippen LogP contribution in [0.2, 0.25) is 5.02 Å². The number of amides is 2. The lowest BCUT2D eigenvalue weighted by molar-refractivity contribution is -0.139. The van der Waals surface area contributed by atoms with Gasteiger partial charge in [-0.05, 0) is 36.6 Å². The first-order valence-electron chi connectivity index (χ1n) is 10.4.